The lowest BCUT2D eigenvalue weighted by atomic mass is 10.0. The summed E-state index contributed by atoms with van der Waals surface area (Å²) in [4.78, 5) is 22.1. The number of amides is 1. The quantitative estimate of drug-likeness (QED) is 0.909. The SMILES string of the molecule is Cc1nc(C)c(CC(=O)N2CC[C@](O)(CN3CCCC3)C2)s1. The van der Waals surface area contributed by atoms with Crippen LogP contribution in [0.15, 0.2) is 0 Å². The molecule has 122 valence electrons. The first kappa shape index (κ1) is 15.9. The molecule has 0 aliphatic carbocycles. The standard InChI is InChI=1S/C16H25N3O2S/c1-12-14(22-13(2)17-12)9-15(20)19-8-5-16(21,11-19)10-18-6-3-4-7-18/h21H,3-11H2,1-2H3/t16-/m0/s1. The molecule has 3 heterocycles. The number of hydrogen-bond acceptors (Lipinski definition) is 5. The molecule has 1 amide bonds. The summed E-state index contributed by atoms with van der Waals surface area (Å²) in [5, 5.41) is 11.8. The van der Waals surface area contributed by atoms with Gasteiger partial charge in [-0.3, -0.25) is 4.79 Å². The van der Waals surface area contributed by atoms with Crippen molar-refractivity contribution in [2.75, 3.05) is 32.7 Å². The minimum atomic E-state index is -0.724. The number of aliphatic hydroxyl groups is 1. The van der Waals surface area contributed by atoms with E-state index in [4.69, 9.17) is 0 Å². The molecule has 0 bridgehead atoms. The predicted molar refractivity (Wildman–Crippen MR) is 87.1 cm³/mol. The highest BCUT2D eigenvalue weighted by Gasteiger charge is 2.39. The first-order chi connectivity index (χ1) is 10.5. The van der Waals surface area contributed by atoms with E-state index in [2.05, 4.69) is 9.88 Å². The third-order valence-electron chi connectivity index (χ3n) is 4.71. The molecular formula is C16H25N3O2S. The van der Waals surface area contributed by atoms with E-state index in [0.717, 1.165) is 28.7 Å². The third kappa shape index (κ3) is 3.50. The Bertz CT molecular complexity index is 554. The second-order valence-corrected chi connectivity index (χ2v) is 7.98. The Balaban J connectivity index is 1.57. The molecule has 2 aliphatic rings. The number of nitrogens with zero attached hydrogens (tertiary/aromatic N) is 3. The molecule has 0 aromatic carbocycles. The van der Waals surface area contributed by atoms with Crippen molar-refractivity contribution < 1.29 is 9.90 Å². The Labute approximate surface area is 135 Å². The monoisotopic (exact) mass is 323 g/mol. The van der Waals surface area contributed by atoms with Crippen molar-refractivity contribution in [3.8, 4) is 0 Å². The van der Waals surface area contributed by atoms with Crippen molar-refractivity contribution in [3.05, 3.63) is 15.6 Å². The fourth-order valence-corrected chi connectivity index (χ4v) is 4.47. The number of carbonyl (C=O) groups excluding carboxylic acids is 1. The number of aromatic nitrogens is 1. The average Bonchev–Trinajstić information content (AvgIpc) is 3.13. The minimum Gasteiger partial charge on any atom is -0.387 e. The zero-order chi connectivity index (χ0) is 15.7. The summed E-state index contributed by atoms with van der Waals surface area (Å²) in [7, 11) is 0. The molecule has 1 N–H and O–H groups in total. The molecule has 3 rings (SSSR count). The molecule has 6 heteroatoms. The number of thiazole rings is 1. The van der Waals surface area contributed by atoms with Crippen molar-refractivity contribution >= 4 is 17.2 Å². The highest BCUT2D eigenvalue weighted by molar-refractivity contribution is 7.11. The fourth-order valence-electron chi connectivity index (χ4n) is 3.54. The molecule has 0 unspecified atom stereocenters. The van der Waals surface area contributed by atoms with Gasteiger partial charge in [-0.05, 0) is 46.2 Å². The Morgan fingerprint density at radius 3 is 2.68 bits per heavy atom. The molecular weight excluding hydrogens is 298 g/mol. The highest BCUT2D eigenvalue weighted by Crippen LogP contribution is 2.26. The second-order valence-electron chi connectivity index (χ2n) is 6.69. The van der Waals surface area contributed by atoms with Gasteiger partial charge < -0.3 is 14.9 Å². The summed E-state index contributed by atoms with van der Waals surface area (Å²) >= 11 is 1.60. The molecule has 1 aromatic heterocycles. The van der Waals surface area contributed by atoms with Crippen LogP contribution in [0, 0.1) is 13.8 Å². The van der Waals surface area contributed by atoms with Crippen molar-refractivity contribution in [2.24, 2.45) is 0 Å². The van der Waals surface area contributed by atoms with E-state index in [9.17, 15) is 9.90 Å². The van der Waals surface area contributed by atoms with Crippen LogP contribution in [0.5, 0.6) is 0 Å². The van der Waals surface area contributed by atoms with Crippen LogP contribution in [-0.4, -0.2) is 64.1 Å². The maximum Gasteiger partial charge on any atom is 0.227 e. The summed E-state index contributed by atoms with van der Waals surface area (Å²) < 4.78 is 0. The van der Waals surface area contributed by atoms with Crippen LogP contribution in [0.4, 0.5) is 0 Å². The number of likely N-dealkylation sites (tertiary alicyclic amines) is 2. The maximum absolute atomic E-state index is 12.5. The number of aryl methyl sites for hydroxylation is 2. The first-order valence-electron chi connectivity index (χ1n) is 8.11. The zero-order valence-corrected chi connectivity index (χ0v) is 14.3. The number of β-amino-alcohol motifs (C(OH)–C–C–N with tert-alkyl or cyclic N) is 1. The summed E-state index contributed by atoms with van der Waals surface area (Å²) in [6, 6.07) is 0. The molecule has 2 fully saturated rings. The normalized spacial score (nSPS) is 26.0. The summed E-state index contributed by atoms with van der Waals surface area (Å²) in [5.41, 5.74) is 0.237. The largest absolute Gasteiger partial charge is 0.387 e. The molecule has 1 atom stereocenters. The Kier molecular flexibility index (Phi) is 4.52. The summed E-state index contributed by atoms with van der Waals surface area (Å²) in [5.74, 6) is 0.115. The Morgan fingerprint density at radius 1 is 1.32 bits per heavy atom. The van der Waals surface area contributed by atoms with E-state index in [0.29, 0.717) is 32.5 Å². The number of rotatable bonds is 4. The molecule has 5 nitrogen and oxygen atoms in total. The number of carbonyl (C=O) groups is 1. The smallest absolute Gasteiger partial charge is 0.227 e. The van der Waals surface area contributed by atoms with Gasteiger partial charge in [0.25, 0.3) is 0 Å². The summed E-state index contributed by atoms with van der Waals surface area (Å²) in [6.45, 7) is 7.93. The molecule has 0 radical (unpaired) electrons. The minimum absolute atomic E-state index is 0.115. The van der Waals surface area contributed by atoms with Gasteiger partial charge in [0.15, 0.2) is 0 Å². The van der Waals surface area contributed by atoms with Crippen LogP contribution in [0.3, 0.4) is 0 Å². The molecule has 1 aromatic rings. The second kappa shape index (κ2) is 6.26. The number of hydrogen-bond donors (Lipinski definition) is 1. The first-order valence-corrected chi connectivity index (χ1v) is 8.92. The van der Waals surface area contributed by atoms with E-state index < -0.39 is 5.60 Å². The van der Waals surface area contributed by atoms with Gasteiger partial charge in [0.05, 0.1) is 29.3 Å². The lowest BCUT2D eigenvalue weighted by molar-refractivity contribution is -0.130. The van der Waals surface area contributed by atoms with E-state index in [1.165, 1.54) is 12.8 Å². The summed E-state index contributed by atoms with van der Waals surface area (Å²) in [6.07, 6.45) is 3.55. The molecule has 2 saturated heterocycles. The fraction of sp³-hybridized carbons (Fsp3) is 0.750. The molecule has 0 saturated carbocycles. The van der Waals surface area contributed by atoms with Gasteiger partial charge in [0, 0.05) is 18.0 Å². The van der Waals surface area contributed by atoms with Crippen LogP contribution in [0.25, 0.3) is 0 Å². The van der Waals surface area contributed by atoms with Crippen molar-refractivity contribution in [3.63, 3.8) is 0 Å². The Hall–Kier alpha value is -0.980. The molecule has 0 spiro atoms. The third-order valence-corrected chi connectivity index (χ3v) is 5.79. The Morgan fingerprint density at radius 2 is 2.05 bits per heavy atom. The van der Waals surface area contributed by atoms with Crippen LogP contribution >= 0.6 is 11.3 Å². The van der Waals surface area contributed by atoms with Crippen LogP contribution in [0.1, 0.15) is 34.8 Å². The van der Waals surface area contributed by atoms with Gasteiger partial charge in [-0.15, -0.1) is 11.3 Å². The zero-order valence-electron chi connectivity index (χ0n) is 13.5. The van der Waals surface area contributed by atoms with Crippen LogP contribution in [0.2, 0.25) is 0 Å². The van der Waals surface area contributed by atoms with E-state index in [1.807, 2.05) is 18.7 Å². The van der Waals surface area contributed by atoms with Gasteiger partial charge in [0.2, 0.25) is 5.91 Å². The lowest BCUT2D eigenvalue weighted by Gasteiger charge is -2.28. The van der Waals surface area contributed by atoms with Gasteiger partial charge >= 0.3 is 0 Å². The van der Waals surface area contributed by atoms with Crippen molar-refractivity contribution in [1.29, 1.82) is 0 Å². The lowest BCUT2D eigenvalue weighted by Crippen LogP contribution is -2.45. The molecule has 2 aliphatic heterocycles. The van der Waals surface area contributed by atoms with Gasteiger partial charge in [0.1, 0.15) is 0 Å². The predicted octanol–water partition coefficient (Wildman–Crippen LogP) is 1.36. The van der Waals surface area contributed by atoms with E-state index in [-0.39, 0.29) is 5.91 Å². The van der Waals surface area contributed by atoms with Crippen LogP contribution in [-0.2, 0) is 11.2 Å². The van der Waals surface area contributed by atoms with E-state index in [1.54, 1.807) is 11.3 Å². The van der Waals surface area contributed by atoms with Gasteiger partial charge in [-0.2, -0.15) is 0 Å². The van der Waals surface area contributed by atoms with Gasteiger partial charge in [-0.1, -0.05) is 0 Å². The maximum atomic E-state index is 12.5. The molecule has 22 heavy (non-hydrogen) atoms. The van der Waals surface area contributed by atoms with E-state index >= 15 is 0 Å². The average molecular weight is 323 g/mol. The topological polar surface area (TPSA) is 56.7 Å². The highest BCUT2D eigenvalue weighted by atomic mass is 32.1. The van der Waals surface area contributed by atoms with Crippen molar-refractivity contribution in [2.45, 2.75) is 45.1 Å². The van der Waals surface area contributed by atoms with Crippen LogP contribution < -0.4 is 0 Å². The van der Waals surface area contributed by atoms with Crippen molar-refractivity contribution in [1.82, 2.24) is 14.8 Å². The van der Waals surface area contributed by atoms with Gasteiger partial charge in [-0.25, -0.2) is 4.98 Å².